The standard InChI is InChI=1S/C13H23NO4/c1-9(2)10(7-11(15)16)14-12(17)13(8-18-3)5-4-6-13/h9-10H,4-8H2,1-3H3,(H,14,17)(H,15,16)/t10-/m1/s1. The Hall–Kier alpha value is -1.10. The fraction of sp³-hybridized carbons (Fsp3) is 0.846. The minimum absolute atomic E-state index is 0.0352. The molecule has 2 N–H and O–H groups in total. The maximum absolute atomic E-state index is 12.2. The molecule has 0 bridgehead atoms. The molecule has 1 saturated carbocycles. The summed E-state index contributed by atoms with van der Waals surface area (Å²) >= 11 is 0. The fourth-order valence-electron chi connectivity index (χ4n) is 2.28. The molecule has 0 aromatic carbocycles. The van der Waals surface area contributed by atoms with Crippen molar-refractivity contribution in [2.75, 3.05) is 13.7 Å². The molecule has 1 aliphatic carbocycles. The van der Waals surface area contributed by atoms with E-state index in [1.54, 1.807) is 7.11 Å². The van der Waals surface area contributed by atoms with Crippen molar-refractivity contribution in [3.63, 3.8) is 0 Å². The Morgan fingerprint density at radius 2 is 2.00 bits per heavy atom. The predicted octanol–water partition coefficient (Wildman–Crippen LogP) is 1.42. The molecule has 1 aliphatic rings. The smallest absolute Gasteiger partial charge is 0.305 e. The van der Waals surface area contributed by atoms with Gasteiger partial charge in [-0.1, -0.05) is 20.3 Å². The molecule has 1 fully saturated rings. The number of carboxylic acid groups (broad SMARTS) is 1. The SMILES string of the molecule is COCC1(C(=O)N[C@H](CC(=O)O)C(C)C)CCC1. The van der Waals surface area contributed by atoms with Crippen molar-refractivity contribution in [3.05, 3.63) is 0 Å². The molecule has 104 valence electrons. The lowest BCUT2D eigenvalue weighted by Crippen LogP contribution is -2.52. The van der Waals surface area contributed by atoms with E-state index in [9.17, 15) is 9.59 Å². The van der Waals surface area contributed by atoms with E-state index in [0.717, 1.165) is 19.3 Å². The van der Waals surface area contributed by atoms with Crippen molar-refractivity contribution in [1.29, 1.82) is 0 Å². The number of aliphatic carboxylic acids is 1. The Kier molecular flexibility index (Phi) is 5.14. The largest absolute Gasteiger partial charge is 0.481 e. The molecular weight excluding hydrogens is 234 g/mol. The molecule has 1 rings (SSSR count). The molecule has 5 heteroatoms. The average Bonchev–Trinajstić information content (AvgIpc) is 2.21. The van der Waals surface area contributed by atoms with Gasteiger partial charge in [0.1, 0.15) is 0 Å². The Bertz CT molecular complexity index is 310. The van der Waals surface area contributed by atoms with Crippen molar-refractivity contribution in [2.24, 2.45) is 11.3 Å². The summed E-state index contributed by atoms with van der Waals surface area (Å²) in [7, 11) is 1.59. The van der Waals surface area contributed by atoms with Crippen LogP contribution in [0.15, 0.2) is 0 Å². The lowest BCUT2D eigenvalue weighted by Gasteiger charge is -2.40. The quantitative estimate of drug-likeness (QED) is 0.723. The Morgan fingerprint density at radius 1 is 1.39 bits per heavy atom. The molecule has 5 nitrogen and oxygen atoms in total. The lowest BCUT2D eigenvalue weighted by molar-refractivity contribution is -0.143. The molecule has 0 aromatic heterocycles. The first kappa shape index (κ1) is 15.0. The van der Waals surface area contributed by atoms with Crippen LogP contribution in [0.25, 0.3) is 0 Å². The first-order chi connectivity index (χ1) is 8.41. The van der Waals surface area contributed by atoms with Gasteiger partial charge in [-0.2, -0.15) is 0 Å². The van der Waals surface area contributed by atoms with Crippen molar-refractivity contribution in [3.8, 4) is 0 Å². The van der Waals surface area contributed by atoms with Crippen molar-refractivity contribution in [1.82, 2.24) is 5.32 Å². The number of ether oxygens (including phenoxy) is 1. The van der Waals surface area contributed by atoms with Crippen molar-refractivity contribution in [2.45, 2.75) is 45.6 Å². The molecule has 0 aromatic rings. The highest BCUT2D eigenvalue weighted by Gasteiger charge is 2.44. The van der Waals surface area contributed by atoms with E-state index in [-0.39, 0.29) is 24.3 Å². The van der Waals surface area contributed by atoms with Crippen LogP contribution >= 0.6 is 0 Å². The lowest BCUT2D eigenvalue weighted by atomic mass is 9.68. The van der Waals surface area contributed by atoms with Crippen LogP contribution in [-0.2, 0) is 14.3 Å². The number of hydrogen-bond donors (Lipinski definition) is 2. The van der Waals surface area contributed by atoms with Gasteiger partial charge in [0.25, 0.3) is 0 Å². The van der Waals surface area contributed by atoms with Crippen LogP contribution in [0.4, 0.5) is 0 Å². The highest BCUT2D eigenvalue weighted by Crippen LogP contribution is 2.41. The van der Waals surface area contributed by atoms with Gasteiger partial charge in [0, 0.05) is 13.2 Å². The summed E-state index contributed by atoms with van der Waals surface area (Å²) in [6.07, 6.45) is 2.64. The normalized spacial score (nSPS) is 19.1. The van der Waals surface area contributed by atoms with E-state index in [1.165, 1.54) is 0 Å². The molecule has 18 heavy (non-hydrogen) atoms. The first-order valence-corrected chi connectivity index (χ1v) is 6.43. The van der Waals surface area contributed by atoms with Crippen LogP contribution in [0.5, 0.6) is 0 Å². The third-order valence-electron chi connectivity index (χ3n) is 3.73. The maximum Gasteiger partial charge on any atom is 0.305 e. The van der Waals surface area contributed by atoms with Gasteiger partial charge in [-0.25, -0.2) is 0 Å². The molecular formula is C13H23NO4. The molecule has 1 amide bonds. The number of methoxy groups -OCH3 is 1. The van der Waals surface area contributed by atoms with Gasteiger partial charge in [0.2, 0.25) is 5.91 Å². The number of carbonyl (C=O) groups excluding carboxylic acids is 1. The summed E-state index contributed by atoms with van der Waals surface area (Å²) in [4.78, 5) is 23.0. The van der Waals surface area contributed by atoms with E-state index >= 15 is 0 Å². The van der Waals surface area contributed by atoms with Gasteiger partial charge < -0.3 is 15.2 Å². The first-order valence-electron chi connectivity index (χ1n) is 6.43. The predicted molar refractivity (Wildman–Crippen MR) is 67.2 cm³/mol. The van der Waals surface area contributed by atoms with E-state index in [4.69, 9.17) is 9.84 Å². The van der Waals surface area contributed by atoms with Gasteiger partial charge >= 0.3 is 5.97 Å². The van der Waals surface area contributed by atoms with Crippen LogP contribution < -0.4 is 5.32 Å². The molecule has 0 heterocycles. The Balaban J connectivity index is 2.62. The van der Waals surface area contributed by atoms with Gasteiger partial charge in [-0.05, 0) is 18.8 Å². The summed E-state index contributed by atoms with van der Waals surface area (Å²) in [5, 5.41) is 11.7. The second kappa shape index (κ2) is 6.18. The summed E-state index contributed by atoms with van der Waals surface area (Å²) in [6.45, 7) is 4.24. The van der Waals surface area contributed by atoms with Gasteiger partial charge in [-0.3, -0.25) is 9.59 Å². The van der Waals surface area contributed by atoms with Gasteiger partial charge in [-0.15, -0.1) is 0 Å². The van der Waals surface area contributed by atoms with E-state index in [1.807, 2.05) is 13.8 Å². The number of carbonyl (C=O) groups is 2. The van der Waals surface area contributed by atoms with E-state index in [2.05, 4.69) is 5.32 Å². The zero-order chi connectivity index (χ0) is 13.8. The number of nitrogens with one attached hydrogen (secondary N) is 1. The van der Waals surface area contributed by atoms with Crippen LogP contribution in [0.2, 0.25) is 0 Å². The molecule has 0 unspecified atom stereocenters. The monoisotopic (exact) mass is 257 g/mol. The second-order valence-corrected chi connectivity index (χ2v) is 5.49. The van der Waals surface area contributed by atoms with Crippen molar-refractivity contribution >= 4 is 11.9 Å². The van der Waals surface area contributed by atoms with Crippen LogP contribution in [0.1, 0.15) is 39.5 Å². The summed E-state index contributed by atoms with van der Waals surface area (Å²) in [5.41, 5.74) is -0.430. The molecule has 1 atom stereocenters. The molecule has 0 aliphatic heterocycles. The highest BCUT2D eigenvalue weighted by molar-refractivity contribution is 5.84. The number of amides is 1. The van der Waals surface area contributed by atoms with Crippen LogP contribution in [0.3, 0.4) is 0 Å². The molecule has 0 saturated heterocycles. The van der Waals surface area contributed by atoms with Crippen LogP contribution in [-0.4, -0.2) is 36.7 Å². The third-order valence-corrected chi connectivity index (χ3v) is 3.73. The topological polar surface area (TPSA) is 75.6 Å². The highest BCUT2D eigenvalue weighted by atomic mass is 16.5. The second-order valence-electron chi connectivity index (χ2n) is 5.49. The maximum atomic E-state index is 12.2. The zero-order valence-corrected chi connectivity index (χ0v) is 11.4. The fourth-order valence-corrected chi connectivity index (χ4v) is 2.28. The molecule has 0 spiro atoms. The molecule has 0 radical (unpaired) electrons. The van der Waals surface area contributed by atoms with E-state index in [0.29, 0.717) is 6.61 Å². The summed E-state index contributed by atoms with van der Waals surface area (Å²) in [5.74, 6) is -0.844. The third kappa shape index (κ3) is 3.45. The number of rotatable bonds is 7. The van der Waals surface area contributed by atoms with Gasteiger partial charge in [0.05, 0.1) is 18.4 Å². The number of hydrogen-bond acceptors (Lipinski definition) is 3. The van der Waals surface area contributed by atoms with Crippen molar-refractivity contribution < 1.29 is 19.4 Å². The zero-order valence-electron chi connectivity index (χ0n) is 11.4. The average molecular weight is 257 g/mol. The number of carboxylic acids is 1. The minimum Gasteiger partial charge on any atom is -0.481 e. The van der Waals surface area contributed by atoms with Crippen LogP contribution in [0, 0.1) is 11.3 Å². The van der Waals surface area contributed by atoms with E-state index < -0.39 is 11.4 Å². The Labute approximate surface area is 108 Å². The summed E-state index contributed by atoms with van der Waals surface area (Å²) < 4.78 is 5.12. The van der Waals surface area contributed by atoms with Gasteiger partial charge in [0.15, 0.2) is 0 Å². The minimum atomic E-state index is -0.886. The Morgan fingerprint density at radius 3 is 2.33 bits per heavy atom. The summed E-state index contributed by atoms with van der Waals surface area (Å²) in [6, 6.07) is -0.315.